The second-order valence-corrected chi connectivity index (χ2v) is 5.27. The summed E-state index contributed by atoms with van der Waals surface area (Å²) in [6.45, 7) is 2.11. The van der Waals surface area contributed by atoms with E-state index >= 15 is 0 Å². The van der Waals surface area contributed by atoms with Crippen molar-refractivity contribution in [2.45, 2.75) is 18.8 Å². The van der Waals surface area contributed by atoms with E-state index in [1.807, 2.05) is 30.7 Å². The van der Waals surface area contributed by atoms with Gasteiger partial charge in [0.15, 0.2) is 0 Å². The van der Waals surface area contributed by atoms with Gasteiger partial charge in [0, 0.05) is 30.4 Å². The first-order chi connectivity index (χ1) is 10.3. The van der Waals surface area contributed by atoms with Gasteiger partial charge in [-0.25, -0.2) is 4.98 Å². The van der Waals surface area contributed by atoms with Crippen molar-refractivity contribution in [3.05, 3.63) is 36.4 Å². The van der Waals surface area contributed by atoms with Crippen molar-refractivity contribution < 1.29 is 9.47 Å². The number of benzene rings is 1. The van der Waals surface area contributed by atoms with Crippen LogP contribution in [0.15, 0.2) is 30.7 Å². The van der Waals surface area contributed by atoms with Crippen LogP contribution >= 0.6 is 0 Å². The van der Waals surface area contributed by atoms with Crippen LogP contribution in [0.3, 0.4) is 0 Å². The maximum Gasteiger partial charge on any atom is 0.146 e. The summed E-state index contributed by atoms with van der Waals surface area (Å²) in [6.07, 6.45) is 6.21. The number of imidazole rings is 1. The number of nitrogens with zero attached hydrogens (tertiary/aromatic N) is 2. The van der Waals surface area contributed by atoms with Crippen LogP contribution in [0.4, 0.5) is 0 Å². The average Bonchev–Trinajstić information content (AvgIpc) is 3.04. The summed E-state index contributed by atoms with van der Waals surface area (Å²) in [5.74, 6) is 2.07. The minimum Gasteiger partial charge on any atom is -0.497 e. The van der Waals surface area contributed by atoms with Gasteiger partial charge in [0.05, 0.1) is 26.2 Å². The molecular weight excluding hydrogens is 266 g/mol. The molecule has 1 aliphatic heterocycles. The molecule has 1 unspecified atom stereocenters. The molecule has 1 fully saturated rings. The third-order valence-electron chi connectivity index (χ3n) is 4.03. The Morgan fingerprint density at radius 1 is 1.29 bits per heavy atom. The molecule has 0 spiro atoms. The number of ether oxygens (including phenoxy) is 2. The molecule has 2 aromatic rings. The summed E-state index contributed by atoms with van der Waals surface area (Å²) in [7, 11) is 3.34. The quantitative estimate of drug-likeness (QED) is 0.938. The van der Waals surface area contributed by atoms with E-state index in [9.17, 15) is 0 Å². The molecule has 1 N–H and O–H groups in total. The molecule has 2 heterocycles. The lowest BCUT2D eigenvalue weighted by Crippen LogP contribution is -2.29. The van der Waals surface area contributed by atoms with Gasteiger partial charge in [-0.3, -0.25) is 4.57 Å². The lowest BCUT2D eigenvalue weighted by molar-refractivity contribution is 0.392. The fourth-order valence-electron chi connectivity index (χ4n) is 2.90. The molecule has 1 aromatic carbocycles. The number of piperidine rings is 1. The van der Waals surface area contributed by atoms with Gasteiger partial charge in [-0.2, -0.15) is 0 Å². The van der Waals surface area contributed by atoms with Crippen LogP contribution in [0, 0.1) is 0 Å². The van der Waals surface area contributed by atoms with Crippen molar-refractivity contribution in [1.82, 2.24) is 14.9 Å². The van der Waals surface area contributed by atoms with Crippen LogP contribution in [0.25, 0.3) is 5.69 Å². The average molecular weight is 287 g/mol. The standard InChI is InChI=1S/C16H21N3O2/c1-20-13-5-6-14(16(8-13)21-2)19-11-18-10-15(19)12-4-3-7-17-9-12/h5-6,8,10-12,17H,3-4,7,9H2,1-2H3. The van der Waals surface area contributed by atoms with E-state index in [1.165, 1.54) is 18.5 Å². The monoisotopic (exact) mass is 287 g/mol. The van der Waals surface area contributed by atoms with Crippen molar-refractivity contribution in [3.63, 3.8) is 0 Å². The van der Waals surface area contributed by atoms with E-state index in [4.69, 9.17) is 9.47 Å². The first-order valence-corrected chi connectivity index (χ1v) is 7.29. The molecule has 5 heteroatoms. The van der Waals surface area contributed by atoms with Crippen molar-refractivity contribution >= 4 is 0 Å². The number of aromatic nitrogens is 2. The Morgan fingerprint density at radius 3 is 2.90 bits per heavy atom. The summed E-state index contributed by atoms with van der Waals surface area (Å²) in [6, 6.07) is 5.86. The predicted octanol–water partition coefficient (Wildman–Crippen LogP) is 2.36. The predicted molar refractivity (Wildman–Crippen MR) is 81.5 cm³/mol. The number of nitrogens with one attached hydrogen (secondary N) is 1. The highest BCUT2D eigenvalue weighted by atomic mass is 16.5. The van der Waals surface area contributed by atoms with E-state index in [0.717, 1.165) is 30.3 Å². The molecule has 1 atom stereocenters. The largest absolute Gasteiger partial charge is 0.497 e. The van der Waals surface area contributed by atoms with Crippen LogP contribution in [-0.2, 0) is 0 Å². The molecular formula is C16H21N3O2. The van der Waals surface area contributed by atoms with E-state index in [0.29, 0.717) is 5.92 Å². The zero-order valence-electron chi connectivity index (χ0n) is 12.5. The fraction of sp³-hybridized carbons (Fsp3) is 0.438. The summed E-state index contributed by atoms with van der Waals surface area (Å²) in [4.78, 5) is 4.34. The minimum absolute atomic E-state index is 0.494. The molecule has 112 valence electrons. The lowest BCUT2D eigenvalue weighted by atomic mass is 9.96. The first kappa shape index (κ1) is 13.9. The molecule has 5 nitrogen and oxygen atoms in total. The van der Waals surface area contributed by atoms with Gasteiger partial charge >= 0.3 is 0 Å². The van der Waals surface area contributed by atoms with Crippen molar-refractivity contribution in [3.8, 4) is 17.2 Å². The van der Waals surface area contributed by atoms with Gasteiger partial charge < -0.3 is 14.8 Å². The number of hydrogen-bond acceptors (Lipinski definition) is 4. The number of hydrogen-bond donors (Lipinski definition) is 1. The van der Waals surface area contributed by atoms with Gasteiger partial charge in [-0.15, -0.1) is 0 Å². The van der Waals surface area contributed by atoms with Crippen LogP contribution < -0.4 is 14.8 Å². The van der Waals surface area contributed by atoms with Crippen LogP contribution in [0.2, 0.25) is 0 Å². The molecule has 1 saturated heterocycles. The van der Waals surface area contributed by atoms with Gasteiger partial charge in [-0.05, 0) is 31.5 Å². The maximum atomic E-state index is 5.51. The Kier molecular flexibility index (Phi) is 4.10. The highest BCUT2D eigenvalue weighted by Gasteiger charge is 2.20. The van der Waals surface area contributed by atoms with Crippen LogP contribution in [0.5, 0.6) is 11.5 Å². The molecule has 0 bridgehead atoms. The Bertz CT molecular complexity index is 603. The third-order valence-corrected chi connectivity index (χ3v) is 4.03. The summed E-state index contributed by atoms with van der Waals surface area (Å²) in [5, 5.41) is 3.46. The van der Waals surface area contributed by atoms with Crippen LogP contribution in [0.1, 0.15) is 24.5 Å². The van der Waals surface area contributed by atoms with E-state index in [-0.39, 0.29) is 0 Å². The SMILES string of the molecule is COc1ccc(-n2cncc2C2CCCNC2)c(OC)c1. The minimum atomic E-state index is 0.494. The molecule has 0 saturated carbocycles. The molecule has 0 radical (unpaired) electrons. The first-order valence-electron chi connectivity index (χ1n) is 7.29. The highest BCUT2D eigenvalue weighted by molar-refractivity contribution is 5.52. The van der Waals surface area contributed by atoms with Gasteiger partial charge in [0.25, 0.3) is 0 Å². The van der Waals surface area contributed by atoms with E-state index in [1.54, 1.807) is 14.2 Å². The second kappa shape index (κ2) is 6.18. The molecule has 3 rings (SSSR count). The third kappa shape index (κ3) is 2.74. The second-order valence-electron chi connectivity index (χ2n) is 5.27. The molecule has 1 aliphatic rings. The van der Waals surface area contributed by atoms with Crippen molar-refractivity contribution in [2.75, 3.05) is 27.3 Å². The lowest BCUT2D eigenvalue weighted by Gasteiger charge is -2.24. The summed E-state index contributed by atoms with van der Waals surface area (Å²) >= 11 is 0. The Hall–Kier alpha value is -2.01. The number of methoxy groups -OCH3 is 2. The van der Waals surface area contributed by atoms with Crippen LogP contribution in [-0.4, -0.2) is 36.9 Å². The Morgan fingerprint density at radius 2 is 2.19 bits per heavy atom. The zero-order valence-corrected chi connectivity index (χ0v) is 12.5. The summed E-state index contributed by atoms with van der Waals surface area (Å²) in [5.41, 5.74) is 2.22. The van der Waals surface area contributed by atoms with Gasteiger partial charge in [0.1, 0.15) is 11.5 Å². The van der Waals surface area contributed by atoms with Crippen molar-refractivity contribution in [1.29, 1.82) is 0 Å². The molecule has 0 amide bonds. The Balaban J connectivity index is 1.99. The smallest absolute Gasteiger partial charge is 0.146 e. The normalized spacial score (nSPS) is 18.5. The van der Waals surface area contributed by atoms with Gasteiger partial charge in [-0.1, -0.05) is 0 Å². The number of rotatable bonds is 4. The fourth-order valence-corrected chi connectivity index (χ4v) is 2.90. The summed E-state index contributed by atoms with van der Waals surface area (Å²) < 4.78 is 12.9. The molecule has 0 aliphatic carbocycles. The van der Waals surface area contributed by atoms with Crippen molar-refractivity contribution in [2.24, 2.45) is 0 Å². The highest BCUT2D eigenvalue weighted by Crippen LogP contribution is 2.31. The van der Waals surface area contributed by atoms with Gasteiger partial charge in [0.2, 0.25) is 0 Å². The van der Waals surface area contributed by atoms with E-state index in [2.05, 4.69) is 14.9 Å². The Labute approximate surface area is 124 Å². The molecule has 1 aromatic heterocycles. The molecule has 21 heavy (non-hydrogen) atoms. The topological polar surface area (TPSA) is 48.3 Å². The zero-order chi connectivity index (χ0) is 14.7. The maximum absolute atomic E-state index is 5.51. The van der Waals surface area contributed by atoms with E-state index < -0.39 is 0 Å².